The average Bonchev–Trinajstić information content (AvgIpc) is 3.32. The van der Waals surface area contributed by atoms with Crippen LogP contribution in [0.1, 0.15) is 21.8 Å². The normalized spacial score (nSPS) is 10.8. The number of halogens is 2. The van der Waals surface area contributed by atoms with Crippen LogP contribution in [-0.4, -0.2) is 51.6 Å². The summed E-state index contributed by atoms with van der Waals surface area (Å²) in [6.45, 7) is 0.358. The molecule has 2 aromatic carbocycles. The Kier molecular flexibility index (Phi) is 8.77. The van der Waals surface area contributed by atoms with Gasteiger partial charge in [0, 0.05) is 25.2 Å². The summed E-state index contributed by atoms with van der Waals surface area (Å²) in [6.07, 6.45) is 1.37. The molecule has 37 heavy (non-hydrogen) atoms. The molecular weight excluding hydrogens is 523 g/mol. The van der Waals surface area contributed by atoms with Crippen molar-refractivity contribution in [3.05, 3.63) is 70.2 Å². The van der Waals surface area contributed by atoms with E-state index < -0.39 is 5.91 Å². The number of anilines is 2. The summed E-state index contributed by atoms with van der Waals surface area (Å²) < 4.78 is 19.1. The Morgan fingerprint density at radius 2 is 1.95 bits per heavy atom. The Morgan fingerprint density at radius 3 is 2.73 bits per heavy atom. The largest absolute Gasteiger partial charge is 0.487 e. The number of carbonyl (C=O) groups excluding carboxylic acids is 2. The van der Waals surface area contributed by atoms with Crippen LogP contribution in [0.25, 0.3) is 10.3 Å². The van der Waals surface area contributed by atoms with Crippen molar-refractivity contribution < 1.29 is 23.8 Å². The summed E-state index contributed by atoms with van der Waals surface area (Å²) >= 11 is 7.48. The number of nitrogens with one attached hydrogen (secondary N) is 3. The van der Waals surface area contributed by atoms with E-state index in [0.717, 1.165) is 11.3 Å². The van der Waals surface area contributed by atoms with Crippen molar-refractivity contribution in [3.63, 3.8) is 0 Å². The van der Waals surface area contributed by atoms with Gasteiger partial charge >= 0.3 is 0 Å². The fraction of sp³-hybridized carbons (Fsp3) is 0.208. The summed E-state index contributed by atoms with van der Waals surface area (Å²) in [7, 11) is 0. The van der Waals surface area contributed by atoms with Gasteiger partial charge in [-0.3, -0.25) is 9.59 Å². The molecule has 0 saturated carbocycles. The molecule has 0 saturated heterocycles. The van der Waals surface area contributed by atoms with Crippen LogP contribution in [0, 0.1) is 5.82 Å². The van der Waals surface area contributed by atoms with Crippen molar-refractivity contribution in [1.29, 1.82) is 0 Å². The highest BCUT2D eigenvalue weighted by Crippen LogP contribution is 2.31. The molecule has 2 aromatic heterocycles. The van der Waals surface area contributed by atoms with Crippen LogP contribution in [-0.2, 0) is 11.4 Å². The quantitative estimate of drug-likeness (QED) is 0.211. The zero-order chi connectivity index (χ0) is 26.2. The van der Waals surface area contributed by atoms with Gasteiger partial charge in [0.1, 0.15) is 34.8 Å². The third-order valence-corrected chi connectivity index (χ3v) is 6.20. The lowest BCUT2D eigenvalue weighted by Gasteiger charge is -2.11. The lowest BCUT2D eigenvalue weighted by molar-refractivity contribution is -0.121. The highest BCUT2D eigenvalue weighted by molar-refractivity contribution is 7.19. The van der Waals surface area contributed by atoms with E-state index in [-0.39, 0.29) is 49.5 Å². The standard InChI is InChI=1S/C24H22ClFN6O4S/c25-17-11-16(4-5-18(17)36-12-14-2-1-3-15(26)10-14)31-21-20-23(30-13-29-21)37-24(32-20)22(35)28-8-7-27-19(34)6-9-33/h1-5,10-11,13,33H,6-9,12H2,(H,27,34)(H,28,35)(H,29,30,31). The van der Waals surface area contributed by atoms with E-state index in [1.807, 2.05) is 0 Å². The molecule has 0 aliphatic carbocycles. The van der Waals surface area contributed by atoms with Gasteiger partial charge in [-0.05, 0) is 35.9 Å². The van der Waals surface area contributed by atoms with Crippen molar-refractivity contribution in [2.24, 2.45) is 0 Å². The molecule has 2 amide bonds. The third kappa shape index (κ3) is 7.09. The molecule has 4 rings (SSSR count). The van der Waals surface area contributed by atoms with Gasteiger partial charge in [0.05, 0.1) is 11.6 Å². The van der Waals surface area contributed by atoms with Crippen molar-refractivity contribution in [1.82, 2.24) is 25.6 Å². The first kappa shape index (κ1) is 26.2. The molecule has 0 atom stereocenters. The topological polar surface area (TPSA) is 138 Å². The van der Waals surface area contributed by atoms with Crippen molar-refractivity contribution in [3.8, 4) is 5.75 Å². The van der Waals surface area contributed by atoms with Crippen LogP contribution in [0.4, 0.5) is 15.9 Å². The van der Waals surface area contributed by atoms with Gasteiger partial charge in [-0.1, -0.05) is 35.1 Å². The van der Waals surface area contributed by atoms with Gasteiger partial charge in [0.25, 0.3) is 5.91 Å². The molecule has 4 aromatic rings. The number of aliphatic hydroxyl groups is 1. The molecule has 0 spiro atoms. The number of ether oxygens (including phenoxy) is 1. The monoisotopic (exact) mass is 544 g/mol. The number of benzene rings is 2. The highest BCUT2D eigenvalue weighted by atomic mass is 35.5. The number of aromatic nitrogens is 3. The molecule has 0 aliphatic rings. The van der Waals surface area contributed by atoms with E-state index in [4.69, 9.17) is 21.4 Å². The van der Waals surface area contributed by atoms with Gasteiger partial charge < -0.3 is 25.8 Å². The van der Waals surface area contributed by atoms with E-state index in [1.165, 1.54) is 18.5 Å². The molecule has 4 N–H and O–H groups in total. The summed E-state index contributed by atoms with van der Waals surface area (Å²) in [5.41, 5.74) is 1.70. The second kappa shape index (κ2) is 12.4. The fourth-order valence-electron chi connectivity index (χ4n) is 3.21. The van der Waals surface area contributed by atoms with Gasteiger partial charge in [-0.15, -0.1) is 0 Å². The molecule has 0 radical (unpaired) electrons. The summed E-state index contributed by atoms with van der Waals surface area (Å²) in [4.78, 5) is 37.2. The van der Waals surface area contributed by atoms with Crippen LogP contribution in [0.15, 0.2) is 48.8 Å². The summed E-state index contributed by atoms with van der Waals surface area (Å²) in [6, 6.07) is 11.2. The Bertz CT molecular complexity index is 1420. The van der Waals surface area contributed by atoms with Crippen LogP contribution in [0.5, 0.6) is 5.75 Å². The molecule has 0 unspecified atom stereocenters. The summed E-state index contributed by atoms with van der Waals surface area (Å²) in [5, 5.41) is 17.7. The number of nitrogens with zero attached hydrogens (tertiary/aromatic N) is 3. The number of aliphatic hydroxyl groups excluding tert-OH is 1. The number of hydrogen-bond donors (Lipinski definition) is 4. The maximum atomic E-state index is 13.4. The smallest absolute Gasteiger partial charge is 0.280 e. The lowest BCUT2D eigenvalue weighted by Crippen LogP contribution is -2.34. The first-order valence-corrected chi connectivity index (χ1v) is 12.3. The SMILES string of the molecule is O=C(CCO)NCCNC(=O)c1nc2c(Nc3ccc(OCc4cccc(F)c4)c(Cl)c3)ncnc2s1. The lowest BCUT2D eigenvalue weighted by atomic mass is 10.2. The second-order valence-corrected chi connectivity index (χ2v) is 9.05. The first-order chi connectivity index (χ1) is 17.9. The van der Waals surface area contributed by atoms with Gasteiger partial charge in [-0.2, -0.15) is 0 Å². The Hall–Kier alpha value is -3.87. The zero-order valence-corrected chi connectivity index (χ0v) is 20.9. The van der Waals surface area contributed by atoms with E-state index in [2.05, 4.69) is 30.9 Å². The Labute approximate surface area is 219 Å². The minimum atomic E-state index is -0.409. The minimum Gasteiger partial charge on any atom is -0.487 e. The summed E-state index contributed by atoms with van der Waals surface area (Å²) in [5.74, 6) is -0.221. The van der Waals surface area contributed by atoms with Crippen molar-refractivity contribution in [2.45, 2.75) is 13.0 Å². The molecule has 13 heteroatoms. The van der Waals surface area contributed by atoms with Crippen LogP contribution < -0.4 is 20.7 Å². The molecule has 0 fully saturated rings. The van der Waals surface area contributed by atoms with Gasteiger partial charge in [-0.25, -0.2) is 19.3 Å². The molecule has 2 heterocycles. The van der Waals surface area contributed by atoms with E-state index in [0.29, 0.717) is 38.2 Å². The maximum absolute atomic E-state index is 13.4. The number of amides is 2. The van der Waals surface area contributed by atoms with Gasteiger partial charge in [0.2, 0.25) is 5.91 Å². The fourth-order valence-corrected chi connectivity index (χ4v) is 4.27. The number of hydrogen-bond acceptors (Lipinski definition) is 9. The maximum Gasteiger partial charge on any atom is 0.280 e. The van der Waals surface area contributed by atoms with E-state index in [1.54, 1.807) is 30.3 Å². The minimum absolute atomic E-state index is 0.0101. The number of fused-ring (bicyclic) bond motifs is 1. The third-order valence-electron chi connectivity index (χ3n) is 4.94. The average molecular weight is 545 g/mol. The molecule has 0 aliphatic heterocycles. The van der Waals surface area contributed by atoms with Crippen molar-refractivity contribution in [2.75, 3.05) is 25.0 Å². The Morgan fingerprint density at radius 1 is 1.11 bits per heavy atom. The highest BCUT2D eigenvalue weighted by Gasteiger charge is 2.16. The molecule has 192 valence electrons. The molecule has 0 bridgehead atoms. The molecule has 10 nitrogen and oxygen atoms in total. The van der Waals surface area contributed by atoms with Crippen LogP contribution in [0.2, 0.25) is 5.02 Å². The van der Waals surface area contributed by atoms with Gasteiger partial charge in [0.15, 0.2) is 10.8 Å². The first-order valence-electron chi connectivity index (χ1n) is 11.1. The zero-order valence-electron chi connectivity index (χ0n) is 19.3. The molecular formula is C24H22ClFN6O4S. The Balaban J connectivity index is 1.39. The van der Waals surface area contributed by atoms with Crippen LogP contribution in [0.3, 0.4) is 0 Å². The van der Waals surface area contributed by atoms with Crippen molar-refractivity contribution >= 4 is 56.6 Å². The van der Waals surface area contributed by atoms with E-state index in [9.17, 15) is 14.0 Å². The van der Waals surface area contributed by atoms with E-state index >= 15 is 0 Å². The number of thiazole rings is 1. The predicted molar refractivity (Wildman–Crippen MR) is 138 cm³/mol. The number of rotatable bonds is 11. The van der Waals surface area contributed by atoms with Crippen LogP contribution >= 0.6 is 22.9 Å². The number of carbonyl (C=O) groups is 2. The second-order valence-electron chi connectivity index (χ2n) is 7.66. The predicted octanol–water partition coefficient (Wildman–Crippen LogP) is 3.43.